The molecule has 0 aromatic heterocycles. The zero-order valence-electron chi connectivity index (χ0n) is 35.3. The lowest BCUT2D eigenvalue weighted by Gasteiger charge is -2.40. The van der Waals surface area contributed by atoms with Crippen LogP contribution in [0.25, 0.3) is 0 Å². The Balaban J connectivity index is -0.000000139. The number of benzene rings is 1. The van der Waals surface area contributed by atoms with Gasteiger partial charge in [-0.15, -0.1) is 12.5 Å². The second-order valence-electron chi connectivity index (χ2n) is 13.1. The Labute approximate surface area is 295 Å². The number of aryl methyl sites for hydroxylation is 1. The second-order valence-corrected chi connectivity index (χ2v) is 13.1. The Morgan fingerprint density at radius 3 is 1.57 bits per heavy atom. The van der Waals surface area contributed by atoms with Gasteiger partial charge < -0.3 is 5.73 Å². The monoisotopic (exact) mass is 647 g/mol. The summed E-state index contributed by atoms with van der Waals surface area (Å²) < 4.78 is 0. The predicted octanol–water partition coefficient (Wildman–Crippen LogP) is 13.8. The highest BCUT2D eigenvalue weighted by Gasteiger charge is 2.60. The molecule has 0 saturated heterocycles. The van der Waals surface area contributed by atoms with Gasteiger partial charge in [-0.3, -0.25) is 4.90 Å². The smallest absolute Gasteiger partial charge is 0.0274 e. The number of nitrogens with zero attached hydrogens (tertiary/aromatic N) is 1. The Morgan fingerprint density at radius 1 is 0.870 bits per heavy atom. The summed E-state index contributed by atoms with van der Waals surface area (Å²) in [6, 6.07) is 7.95. The fourth-order valence-corrected chi connectivity index (χ4v) is 6.92. The van der Waals surface area contributed by atoms with Crippen molar-refractivity contribution < 1.29 is 0 Å². The molecule has 276 valence electrons. The van der Waals surface area contributed by atoms with E-state index in [1.54, 1.807) is 0 Å². The van der Waals surface area contributed by atoms with Crippen molar-refractivity contribution in [2.45, 2.75) is 184 Å². The van der Waals surface area contributed by atoms with Crippen LogP contribution in [0.4, 0.5) is 0 Å². The Bertz CT molecular complexity index is 894. The van der Waals surface area contributed by atoms with E-state index in [2.05, 4.69) is 143 Å². The second kappa shape index (κ2) is 29.6. The number of nitrogens with two attached hydrogens (primary N) is 1. The van der Waals surface area contributed by atoms with E-state index in [0.29, 0.717) is 40.2 Å². The first-order valence-electron chi connectivity index (χ1n) is 18.5. The van der Waals surface area contributed by atoms with Crippen LogP contribution < -0.4 is 5.73 Å². The quantitative estimate of drug-likeness (QED) is 0.236. The van der Waals surface area contributed by atoms with Crippen molar-refractivity contribution in [3.8, 4) is 11.8 Å². The molecule has 4 unspecified atom stereocenters. The minimum atomic E-state index is 0. The van der Waals surface area contributed by atoms with Crippen LogP contribution in [0.5, 0.6) is 0 Å². The topological polar surface area (TPSA) is 29.3 Å². The first kappa shape index (κ1) is 56.8. The van der Waals surface area contributed by atoms with E-state index < -0.39 is 0 Å². The molecule has 0 bridgehead atoms. The zero-order valence-corrected chi connectivity index (χ0v) is 35.3. The van der Waals surface area contributed by atoms with Crippen LogP contribution in [0.15, 0.2) is 30.9 Å². The number of rotatable bonds is 7. The number of hydrogen-bond donors (Lipinski definition) is 1. The Hall–Kier alpha value is -1.56. The predicted molar refractivity (Wildman–Crippen MR) is 220 cm³/mol. The van der Waals surface area contributed by atoms with Crippen molar-refractivity contribution in [2.24, 2.45) is 33.8 Å². The van der Waals surface area contributed by atoms with E-state index in [0.717, 1.165) is 18.0 Å². The van der Waals surface area contributed by atoms with E-state index in [-0.39, 0.29) is 7.43 Å². The average Bonchev–Trinajstić information content (AvgIpc) is 3.12. The largest absolute Gasteiger partial charge is 0.333 e. The van der Waals surface area contributed by atoms with Crippen molar-refractivity contribution in [3.05, 3.63) is 47.5 Å². The molecule has 46 heavy (non-hydrogen) atoms. The molecule has 1 saturated carbocycles. The molecule has 1 aromatic rings. The molecule has 2 rings (SSSR count). The maximum Gasteiger partial charge on any atom is 0.0274 e. The standard InChI is InChI=1S/C20H31N.C14H26.4C2H6.CH5N.CH4/c1-8-10-19-11-12-20(14-17(19)6)16(5)13-18(7)21(9-2)15(3)4;1-9-11-12(3,4)10(2)13(5,6)14(11,7)8;5*1-2;/h11-12,14-16,18H,9,13H2,1-7H3;9-11H,1H2,2-8H3;4*1-2H3;2H2,1H3;1H4. The van der Waals surface area contributed by atoms with Crippen molar-refractivity contribution in [2.75, 3.05) is 13.6 Å². The molecule has 0 radical (unpaired) electrons. The highest BCUT2D eigenvalue weighted by Crippen LogP contribution is 2.66. The van der Waals surface area contributed by atoms with Gasteiger partial charge in [0.25, 0.3) is 0 Å². The lowest BCUT2D eigenvalue weighted by Crippen LogP contribution is -2.39. The molecule has 1 aliphatic carbocycles. The minimum absolute atomic E-state index is 0. The van der Waals surface area contributed by atoms with Gasteiger partial charge in [0, 0.05) is 17.6 Å². The average molecular weight is 647 g/mol. The summed E-state index contributed by atoms with van der Waals surface area (Å²) in [7, 11) is 1.50. The van der Waals surface area contributed by atoms with Crippen molar-refractivity contribution >= 4 is 0 Å². The molecule has 2 heteroatoms. The summed E-state index contributed by atoms with van der Waals surface area (Å²) in [4.78, 5) is 2.57. The van der Waals surface area contributed by atoms with Gasteiger partial charge in [0.1, 0.15) is 0 Å². The molecule has 0 spiro atoms. The highest BCUT2D eigenvalue weighted by molar-refractivity contribution is 5.43. The molecule has 1 fully saturated rings. The van der Waals surface area contributed by atoms with Gasteiger partial charge in [0.15, 0.2) is 0 Å². The van der Waals surface area contributed by atoms with Crippen molar-refractivity contribution in [3.63, 3.8) is 0 Å². The lowest BCUT2D eigenvalue weighted by molar-refractivity contribution is 0.0956. The maximum atomic E-state index is 4.50. The Kier molecular flexibility index (Phi) is 36.5. The number of hydrogen-bond acceptors (Lipinski definition) is 2. The molecular formula is C44H90N2. The first-order chi connectivity index (χ1) is 21.0. The lowest BCUT2D eigenvalue weighted by atomic mass is 9.65. The van der Waals surface area contributed by atoms with Gasteiger partial charge in [0.05, 0.1) is 0 Å². The fraction of sp³-hybridized carbons (Fsp3) is 0.773. The van der Waals surface area contributed by atoms with Crippen molar-refractivity contribution in [1.82, 2.24) is 4.90 Å². The summed E-state index contributed by atoms with van der Waals surface area (Å²) in [5, 5.41) is 0. The summed E-state index contributed by atoms with van der Waals surface area (Å²) in [6.07, 6.45) is 3.37. The number of allylic oxidation sites excluding steroid dienone is 1. The van der Waals surface area contributed by atoms with Crippen LogP contribution in [0.2, 0.25) is 0 Å². The third-order valence-corrected chi connectivity index (χ3v) is 10.0. The van der Waals surface area contributed by atoms with Crippen LogP contribution in [0.1, 0.15) is 182 Å². The summed E-state index contributed by atoms with van der Waals surface area (Å²) in [6.45, 7) is 53.5. The highest BCUT2D eigenvalue weighted by atomic mass is 15.2. The van der Waals surface area contributed by atoms with Crippen LogP contribution in [-0.2, 0) is 0 Å². The summed E-state index contributed by atoms with van der Waals surface area (Å²) >= 11 is 0. The van der Waals surface area contributed by atoms with Gasteiger partial charge in [-0.25, -0.2) is 0 Å². The third kappa shape index (κ3) is 16.0. The first-order valence-corrected chi connectivity index (χ1v) is 18.5. The van der Waals surface area contributed by atoms with Gasteiger partial charge in [0.2, 0.25) is 0 Å². The molecular weight excluding hydrogens is 556 g/mol. The Morgan fingerprint density at radius 2 is 1.30 bits per heavy atom. The molecule has 1 aromatic carbocycles. The van der Waals surface area contributed by atoms with Gasteiger partial charge in [-0.1, -0.05) is 149 Å². The zero-order chi connectivity index (χ0) is 37.4. The third-order valence-electron chi connectivity index (χ3n) is 10.0. The molecule has 0 aliphatic heterocycles. The minimum Gasteiger partial charge on any atom is -0.333 e. The maximum absolute atomic E-state index is 4.50. The fourth-order valence-electron chi connectivity index (χ4n) is 6.92. The molecule has 0 heterocycles. The van der Waals surface area contributed by atoms with Gasteiger partial charge in [-0.2, -0.15) is 0 Å². The summed E-state index contributed by atoms with van der Waals surface area (Å²) in [5.74, 6) is 8.07. The normalized spacial score (nSPS) is 18.7. The van der Waals surface area contributed by atoms with E-state index in [1.165, 1.54) is 24.6 Å². The van der Waals surface area contributed by atoms with Crippen LogP contribution in [0, 0.1) is 46.8 Å². The summed E-state index contributed by atoms with van der Waals surface area (Å²) in [5.41, 5.74) is 9.47. The van der Waals surface area contributed by atoms with Gasteiger partial charge in [-0.05, 0) is 106 Å². The molecule has 0 amide bonds. The van der Waals surface area contributed by atoms with E-state index in [9.17, 15) is 0 Å². The SMILES string of the molecule is C.C=CC1C(C)(C)C(C)C(C)(C)C1(C)C.CC.CC.CC.CC.CC#Cc1ccc(C(C)CC(C)N(CC)C(C)C)cc1C.CN. The molecule has 2 N–H and O–H groups in total. The molecule has 4 atom stereocenters. The van der Waals surface area contributed by atoms with E-state index >= 15 is 0 Å². The van der Waals surface area contributed by atoms with Crippen LogP contribution in [0.3, 0.4) is 0 Å². The van der Waals surface area contributed by atoms with Crippen LogP contribution in [-0.4, -0.2) is 30.6 Å². The van der Waals surface area contributed by atoms with Crippen molar-refractivity contribution in [1.29, 1.82) is 0 Å². The van der Waals surface area contributed by atoms with Gasteiger partial charge >= 0.3 is 0 Å². The molecule has 1 aliphatic rings. The van der Waals surface area contributed by atoms with E-state index in [4.69, 9.17) is 0 Å². The molecule has 2 nitrogen and oxygen atoms in total. The van der Waals surface area contributed by atoms with Crippen LogP contribution >= 0.6 is 0 Å². The van der Waals surface area contributed by atoms with E-state index in [1.807, 2.05) is 62.3 Å².